The van der Waals surface area contributed by atoms with Crippen molar-refractivity contribution in [1.29, 1.82) is 0 Å². The van der Waals surface area contributed by atoms with E-state index in [2.05, 4.69) is 11.4 Å². The fraction of sp³-hybridized carbons (Fsp3) is 1.00. The Labute approximate surface area is 147 Å². The number of hydrogen-bond acceptors (Lipinski definition) is 4. The Bertz CT molecular complexity index is 259. The van der Waals surface area contributed by atoms with Crippen LogP contribution in [-0.4, -0.2) is 24.0 Å². The SMILES string of the molecule is CCCCCCCCCCCCCCCCOP(=O)([O-])[O-].[Al+2]. The smallest absolute Gasteiger partial charge is 0.790 e. The van der Waals surface area contributed by atoms with Crippen molar-refractivity contribution in [1.82, 2.24) is 0 Å². The molecule has 0 amide bonds. The molecule has 0 aliphatic heterocycles. The first-order valence-electron chi connectivity index (χ1n) is 8.73. The molecule has 0 heterocycles. The van der Waals surface area contributed by atoms with Gasteiger partial charge in [0, 0.05) is 0 Å². The largest absolute Gasteiger partial charge is 2.00 e. The molecule has 0 unspecified atom stereocenters. The van der Waals surface area contributed by atoms with E-state index in [9.17, 15) is 14.4 Å². The molecule has 0 N–H and O–H groups in total. The molecule has 22 heavy (non-hydrogen) atoms. The molecule has 1 radical (unpaired) electrons. The summed E-state index contributed by atoms with van der Waals surface area (Å²) in [5, 5.41) is 0. The number of hydrogen-bond donors (Lipinski definition) is 0. The van der Waals surface area contributed by atoms with Crippen LogP contribution in [0.3, 0.4) is 0 Å². The molecule has 0 saturated heterocycles. The molecule has 0 aliphatic carbocycles. The van der Waals surface area contributed by atoms with Crippen LogP contribution in [0.4, 0.5) is 0 Å². The van der Waals surface area contributed by atoms with Crippen LogP contribution in [0.2, 0.25) is 0 Å². The van der Waals surface area contributed by atoms with E-state index < -0.39 is 7.82 Å². The summed E-state index contributed by atoms with van der Waals surface area (Å²) in [6.45, 7) is 2.29. The van der Waals surface area contributed by atoms with Crippen molar-refractivity contribution >= 4 is 25.2 Å². The maximum atomic E-state index is 10.2. The van der Waals surface area contributed by atoms with Gasteiger partial charge in [0.05, 0.1) is 14.4 Å². The molecule has 0 atom stereocenters. The van der Waals surface area contributed by atoms with Gasteiger partial charge in [-0.05, 0) is 6.42 Å². The fourth-order valence-corrected chi connectivity index (χ4v) is 2.83. The van der Waals surface area contributed by atoms with Crippen LogP contribution in [0.5, 0.6) is 0 Å². The van der Waals surface area contributed by atoms with E-state index in [-0.39, 0.29) is 24.0 Å². The first-order chi connectivity index (χ1) is 10.1. The normalized spacial score (nSPS) is 11.4. The molecule has 0 bridgehead atoms. The number of phosphoric ester groups is 1. The first kappa shape index (κ1) is 24.9. The summed E-state index contributed by atoms with van der Waals surface area (Å²) < 4.78 is 14.4. The third-order valence-corrected chi connectivity index (χ3v) is 4.25. The van der Waals surface area contributed by atoms with Gasteiger partial charge >= 0.3 is 17.4 Å². The Morgan fingerprint density at radius 1 is 0.682 bits per heavy atom. The van der Waals surface area contributed by atoms with Gasteiger partial charge in [0.1, 0.15) is 0 Å². The predicted octanol–water partition coefficient (Wildman–Crippen LogP) is 3.93. The van der Waals surface area contributed by atoms with E-state index in [0.717, 1.165) is 12.8 Å². The van der Waals surface area contributed by atoms with Gasteiger partial charge in [-0.15, -0.1) is 0 Å². The fourth-order valence-electron chi connectivity index (χ4n) is 2.47. The molecular formula is C16H33AlO4P. The van der Waals surface area contributed by atoms with Gasteiger partial charge < -0.3 is 18.9 Å². The average Bonchev–Trinajstić information content (AvgIpc) is 2.42. The molecule has 4 nitrogen and oxygen atoms in total. The van der Waals surface area contributed by atoms with E-state index in [4.69, 9.17) is 0 Å². The maximum absolute atomic E-state index is 10.2. The number of rotatable bonds is 16. The van der Waals surface area contributed by atoms with Crippen molar-refractivity contribution < 1.29 is 18.9 Å². The van der Waals surface area contributed by atoms with Crippen molar-refractivity contribution in [2.24, 2.45) is 0 Å². The van der Waals surface area contributed by atoms with E-state index >= 15 is 0 Å². The maximum Gasteiger partial charge on any atom is 2.00 e. The zero-order chi connectivity index (χ0) is 15.8. The Balaban J connectivity index is 0. The second-order valence-corrected chi connectivity index (χ2v) is 7.03. The van der Waals surface area contributed by atoms with Gasteiger partial charge in [0.2, 0.25) is 0 Å². The Kier molecular flexibility index (Phi) is 20.4. The molecule has 0 aromatic heterocycles. The van der Waals surface area contributed by atoms with Gasteiger partial charge in [0.15, 0.2) is 0 Å². The van der Waals surface area contributed by atoms with E-state index in [0.29, 0.717) is 6.42 Å². The van der Waals surface area contributed by atoms with Gasteiger partial charge in [0.25, 0.3) is 0 Å². The first-order valence-corrected chi connectivity index (χ1v) is 10.2. The van der Waals surface area contributed by atoms with Crippen LogP contribution >= 0.6 is 7.82 Å². The van der Waals surface area contributed by atoms with Gasteiger partial charge in [-0.3, -0.25) is 0 Å². The van der Waals surface area contributed by atoms with Gasteiger partial charge in [-0.25, -0.2) is 0 Å². The molecule has 129 valence electrons. The van der Waals surface area contributed by atoms with Crippen molar-refractivity contribution in [2.75, 3.05) is 6.61 Å². The van der Waals surface area contributed by atoms with Crippen LogP contribution in [0.15, 0.2) is 0 Å². The molecule has 0 saturated carbocycles. The third kappa shape index (κ3) is 22.9. The van der Waals surface area contributed by atoms with Crippen LogP contribution in [0, 0.1) is 0 Å². The van der Waals surface area contributed by atoms with Gasteiger partial charge in [-0.2, -0.15) is 0 Å². The predicted molar refractivity (Wildman–Crippen MR) is 89.6 cm³/mol. The summed E-state index contributed by atoms with van der Waals surface area (Å²) in [5.41, 5.74) is 0. The molecular weight excluding hydrogens is 314 g/mol. The summed E-state index contributed by atoms with van der Waals surface area (Å²) >= 11 is 0. The molecule has 0 aromatic carbocycles. The average molecular weight is 347 g/mol. The molecule has 0 spiro atoms. The number of unbranched alkanes of at least 4 members (excludes halogenated alkanes) is 13. The van der Waals surface area contributed by atoms with Crippen molar-refractivity contribution in [3.05, 3.63) is 0 Å². The molecule has 0 aliphatic rings. The van der Waals surface area contributed by atoms with Crippen LogP contribution < -0.4 is 9.79 Å². The van der Waals surface area contributed by atoms with Crippen LogP contribution in [-0.2, 0) is 9.09 Å². The molecule has 0 fully saturated rings. The summed E-state index contributed by atoms with van der Waals surface area (Å²) in [6, 6.07) is 0. The zero-order valence-electron chi connectivity index (χ0n) is 14.3. The van der Waals surface area contributed by atoms with Gasteiger partial charge in [-0.1, -0.05) is 90.4 Å². The minimum Gasteiger partial charge on any atom is -0.790 e. The van der Waals surface area contributed by atoms with Crippen molar-refractivity contribution in [3.63, 3.8) is 0 Å². The van der Waals surface area contributed by atoms with E-state index in [1.165, 1.54) is 70.6 Å². The third-order valence-electron chi connectivity index (χ3n) is 3.75. The number of phosphoric acid groups is 1. The molecule has 0 aromatic rings. The Hall–Kier alpha value is 0.642. The minimum absolute atomic E-state index is 0. The van der Waals surface area contributed by atoms with Crippen molar-refractivity contribution in [2.45, 2.75) is 96.8 Å². The van der Waals surface area contributed by atoms with Crippen LogP contribution in [0.25, 0.3) is 0 Å². The molecule has 6 heteroatoms. The zero-order valence-corrected chi connectivity index (χ0v) is 16.3. The van der Waals surface area contributed by atoms with E-state index in [1.54, 1.807) is 0 Å². The van der Waals surface area contributed by atoms with E-state index in [1.807, 2.05) is 0 Å². The summed E-state index contributed by atoms with van der Waals surface area (Å²) in [5.74, 6) is 0. The topological polar surface area (TPSA) is 72.4 Å². The Morgan fingerprint density at radius 3 is 1.32 bits per heavy atom. The standard InChI is InChI=1S/C16H35O4P.Al/c1-2-3-4-5-6-7-8-9-10-11-12-13-14-15-16-20-21(17,18)19;/h2-16H2,1H3,(H2,17,18,19);/q;+2/p-2. The van der Waals surface area contributed by atoms with Crippen molar-refractivity contribution in [3.8, 4) is 0 Å². The summed E-state index contributed by atoms with van der Waals surface area (Å²) in [7, 11) is -4.75. The monoisotopic (exact) mass is 347 g/mol. The minimum atomic E-state index is -4.75. The summed E-state index contributed by atoms with van der Waals surface area (Å²) in [4.78, 5) is 20.4. The molecule has 0 rings (SSSR count). The Morgan fingerprint density at radius 2 is 1.00 bits per heavy atom. The summed E-state index contributed by atoms with van der Waals surface area (Å²) in [6.07, 6.45) is 17.4. The second kappa shape index (κ2) is 18.0. The second-order valence-electron chi connectivity index (χ2n) is 5.88. The van der Waals surface area contributed by atoms with Crippen LogP contribution in [0.1, 0.15) is 96.8 Å². The quantitative estimate of drug-likeness (QED) is 0.241.